The van der Waals surface area contributed by atoms with Crippen molar-refractivity contribution in [1.82, 2.24) is 10.2 Å². The number of hydrogen-bond acceptors (Lipinski definition) is 4. The standard InChI is InChI=1S/C11H20N2O3S/c1-8(2)11-12-5-10(14)13(11)6-9-3-4-17(15,16)7-9/h8-9,11-12H,3-7H2,1-2H3. The lowest BCUT2D eigenvalue weighted by Crippen LogP contribution is -2.43. The van der Waals surface area contributed by atoms with Gasteiger partial charge in [0, 0.05) is 6.54 Å². The van der Waals surface area contributed by atoms with Gasteiger partial charge in [0.05, 0.1) is 24.2 Å². The van der Waals surface area contributed by atoms with Crippen LogP contribution in [-0.2, 0) is 14.6 Å². The molecule has 2 heterocycles. The first-order chi connectivity index (χ1) is 7.89. The molecule has 2 aliphatic heterocycles. The second-order valence-corrected chi connectivity index (χ2v) is 7.61. The minimum Gasteiger partial charge on any atom is -0.325 e. The van der Waals surface area contributed by atoms with Crippen molar-refractivity contribution in [3.63, 3.8) is 0 Å². The van der Waals surface area contributed by atoms with E-state index in [0.717, 1.165) is 0 Å². The fourth-order valence-electron chi connectivity index (χ4n) is 2.66. The highest BCUT2D eigenvalue weighted by Crippen LogP contribution is 2.23. The lowest BCUT2D eigenvalue weighted by atomic mass is 10.1. The van der Waals surface area contributed by atoms with Gasteiger partial charge >= 0.3 is 0 Å². The number of rotatable bonds is 3. The second-order valence-electron chi connectivity index (χ2n) is 5.38. The van der Waals surface area contributed by atoms with Crippen molar-refractivity contribution in [1.29, 1.82) is 0 Å². The average Bonchev–Trinajstić information content (AvgIpc) is 2.72. The van der Waals surface area contributed by atoms with E-state index in [9.17, 15) is 13.2 Å². The molecule has 17 heavy (non-hydrogen) atoms. The van der Waals surface area contributed by atoms with Gasteiger partial charge in [0.15, 0.2) is 9.84 Å². The summed E-state index contributed by atoms with van der Waals surface area (Å²) in [5.41, 5.74) is 0. The first-order valence-corrected chi connectivity index (χ1v) is 7.94. The summed E-state index contributed by atoms with van der Waals surface area (Å²) in [6, 6.07) is 0. The molecule has 5 nitrogen and oxygen atoms in total. The average molecular weight is 260 g/mol. The maximum Gasteiger partial charge on any atom is 0.237 e. The Kier molecular flexibility index (Phi) is 3.45. The van der Waals surface area contributed by atoms with Crippen molar-refractivity contribution in [2.45, 2.75) is 26.4 Å². The van der Waals surface area contributed by atoms with Gasteiger partial charge in [0.1, 0.15) is 0 Å². The van der Waals surface area contributed by atoms with Crippen molar-refractivity contribution in [2.75, 3.05) is 24.6 Å². The number of sulfone groups is 1. The van der Waals surface area contributed by atoms with Gasteiger partial charge in [-0.25, -0.2) is 8.42 Å². The van der Waals surface area contributed by atoms with E-state index in [0.29, 0.717) is 25.4 Å². The highest BCUT2D eigenvalue weighted by molar-refractivity contribution is 7.91. The summed E-state index contributed by atoms with van der Waals surface area (Å²) >= 11 is 0. The first kappa shape index (κ1) is 12.8. The van der Waals surface area contributed by atoms with E-state index in [-0.39, 0.29) is 29.5 Å². The van der Waals surface area contributed by atoms with Gasteiger partial charge < -0.3 is 4.90 Å². The van der Waals surface area contributed by atoms with Crippen LogP contribution in [0.4, 0.5) is 0 Å². The number of amides is 1. The Balaban J connectivity index is 2.00. The first-order valence-electron chi connectivity index (χ1n) is 6.12. The molecule has 0 spiro atoms. The Morgan fingerprint density at radius 3 is 2.71 bits per heavy atom. The number of nitrogens with zero attached hydrogens (tertiary/aromatic N) is 1. The second kappa shape index (κ2) is 4.57. The molecular weight excluding hydrogens is 240 g/mol. The molecule has 0 aromatic rings. The van der Waals surface area contributed by atoms with Crippen LogP contribution >= 0.6 is 0 Å². The van der Waals surface area contributed by atoms with Crippen molar-refractivity contribution in [3.8, 4) is 0 Å². The zero-order chi connectivity index (χ0) is 12.6. The molecule has 0 aliphatic carbocycles. The maximum absolute atomic E-state index is 11.8. The predicted octanol–water partition coefficient (Wildman–Crippen LogP) is -0.165. The van der Waals surface area contributed by atoms with Gasteiger partial charge in [0.2, 0.25) is 5.91 Å². The highest BCUT2D eigenvalue weighted by atomic mass is 32.2. The predicted molar refractivity (Wildman–Crippen MR) is 65.1 cm³/mol. The zero-order valence-electron chi connectivity index (χ0n) is 10.3. The van der Waals surface area contributed by atoms with Crippen LogP contribution in [0.3, 0.4) is 0 Å². The molecule has 2 fully saturated rings. The molecule has 0 aromatic heterocycles. The smallest absolute Gasteiger partial charge is 0.237 e. The van der Waals surface area contributed by atoms with Crippen molar-refractivity contribution >= 4 is 15.7 Å². The molecule has 2 aliphatic rings. The third-order valence-electron chi connectivity index (χ3n) is 3.53. The molecule has 98 valence electrons. The molecule has 0 saturated carbocycles. The normalized spacial score (nSPS) is 32.6. The number of carbonyl (C=O) groups excluding carboxylic acids is 1. The number of hydrogen-bond donors (Lipinski definition) is 1. The van der Waals surface area contributed by atoms with Crippen LogP contribution in [0.1, 0.15) is 20.3 Å². The van der Waals surface area contributed by atoms with Crippen LogP contribution in [0, 0.1) is 11.8 Å². The van der Waals surface area contributed by atoms with Crippen LogP contribution < -0.4 is 5.32 Å². The van der Waals surface area contributed by atoms with E-state index in [1.807, 2.05) is 4.90 Å². The summed E-state index contributed by atoms with van der Waals surface area (Å²) in [7, 11) is -2.85. The fraction of sp³-hybridized carbons (Fsp3) is 0.909. The quantitative estimate of drug-likeness (QED) is 0.765. The summed E-state index contributed by atoms with van der Waals surface area (Å²) in [6.07, 6.45) is 0.752. The van der Waals surface area contributed by atoms with Gasteiger partial charge in [-0.05, 0) is 18.3 Å². The lowest BCUT2D eigenvalue weighted by Gasteiger charge is -2.29. The molecule has 0 bridgehead atoms. The third-order valence-corrected chi connectivity index (χ3v) is 5.37. The minimum absolute atomic E-state index is 0.0609. The molecule has 2 atom stereocenters. The van der Waals surface area contributed by atoms with E-state index in [1.165, 1.54) is 0 Å². The van der Waals surface area contributed by atoms with Crippen LogP contribution in [0.25, 0.3) is 0 Å². The Labute approximate surface area is 102 Å². The van der Waals surface area contributed by atoms with Gasteiger partial charge in [-0.1, -0.05) is 13.8 Å². The van der Waals surface area contributed by atoms with Crippen LogP contribution in [0.5, 0.6) is 0 Å². The Hall–Kier alpha value is -0.620. The van der Waals surface area contributed by atoms with Crippen molar-refractivity contribution < 1.29 is 13.2 Å². The topological polar surface area (TPSA) is 66.5 Å². The molecule has 2 rings (SSSR count). The van der Waals surface area contributed by atoms with Gasteiger partial charge in [-0.3, -0.25) is 10.1 Å². The molecule has 6 heteroatoms. The van der Waals surface area contributed by atoms with Crippen molar-refractivity contribution in [2.24, 2.45) is 11.8 Å². The van der Waals surface area contributed by atoms with E-state index in [4.69, 9.17) is 0 Å². The van der Waals surface area contributed by atoms with E-state index >= 15 is 0 Å². The molecule has 2 saturated heterocycles. The Morgan fingerprint density at radius 2 is 2.18 bits per heavy atom. The SMILES string of the molecule is CC(C)C1NCC(=O)N1CC1CCS(=O)(=O)C1. The summed E-state index contributed by atoms with van der Waals surface area (Å²) in [4.78, 5) is 13.6. The largest absolute Gasteiger partial charge is 0.325 e. The Morgan fingerprint density at radius 1 is 1.47 bits per heavy atom. The van der Waals surface area contributed by atoms with E-state index in [2.05, 4.69) is 19.2 Å². The lowest BCUT2D eigenvalue weighted by molar-refractivity contribution is -0.129. The van der Waals surface area contributed by atoms with E-state index in [1.54, 1.807) is 0 Å². The molecular formula is C11H20N2O3S. The van der Waals surface area contributed by atoms with Crippen LogP contribution in [-0.4, -0.2) is 50.0 Å². The highest BCUT2D eigenvalue weighted by Gasteiger charge is 2.36. The van der Waals surface area contributed by atoms with E-state index < -0.39 is 9.84 Å². The fourth-order valence-corrected chi connectivity index (χ4v) is 4.51. The zero-order valence-corrected chi connectivity index (χ0v) is 11.2. The van der Waals surface area contributed by atoms with Crippen LogP contribution in [0.15, 0.2) is 0 Å². The van der Waals surface area contributed by atoms with Gasteiger partial charge in [0.25, 0.3) is 0 Å². The van der Waals surface area contributed by atoms with Crippen LogP contribution in [0.2, 0.25) is 0 Å². The summed E-state index contributed by atoms with van der Waals surface area (Å²) in [5, 5.41) is 3.18. The monoisotopic (exact) mass is 260 g/mol. The van der Waals surface area contributed by atoms with Gasteiger partial charge in [-0.2, -0.15) is 0 Å². The molecule has 1 amide bonds. The third kappa shape index (κ3) is 2.80. The summed E-state index contributed by atoms with van der Waals surface area (Å²) in [6.45, 7) is 5.08. The molecule has 1 N–H and O–H groups in total. The van der Waals surface area contributed by atoms with Gasteiger partial charge in [-0.15, -0.1) is 0 Å². The maximum atomic E-state index is 11.8. The number of nitrogens with one attached hydrogen (secondary N) is 1. The number of carbonyl (C=O) groups is 1. The summed E-state index contributed by atoms with van der Waals surface area (Å²) < 4.78 is 22.8. The molecule has 0 radical (unpaired) electrons. The minimum atomic E-state index is -2.85. The molecule has 0 aromatic carbocycles. The summed E-state index contributed by atoms with van der Waals surface area (Å²) in [5.74, 6) is 1.07. The van der Waals surface area contributed by atoms with Crippen molar-refractivity contribution in [3.05, 3.63) is 0 Å². The molecule has 2 unspecified atom stereocenters. The Bertz CT molecular complexity index is 405.